The maximum atomic E-state index is 6.09. The van der Waals surface area contributed by atoms with Crippen molar-refractivity contribution in [3.05, 3.63) is 59.4 Å². The predicted molar refractivity (Wildman–Crippen MR) is 105 cm³/mol. The van der Waals surface area contributed by atoms with Gasteiger partial charge in [0.1, 0.15) is 5.65 Å². The van der Waals surface area contributed by atoms with Crippen molar-refractivity contribution in [1.29, 1.82) is 0 Å². The van der Waals surface area contributed by atoms with Crippen molar-refractivity contribution in [2.45, 2.75) is 31.5 Å². The number of piperidine rings is 2. The molecule has 0 radical (unpaired) electrons. The van der Waals surface area contributed by atoms with Crippen molar-refractivity contribution in [2.24, 2.45) is 0 Å². The van der Waals surface area contributed by atoms with E-state index in [-0.39, 0.29) is 0 Å². The second-order valence-corrected chi connectivity index (χ2v) is 8.03. The molecule has 5 heteroatoms. The Morgan fingerprint density at radius 3 is 2.58 bits per heavy atom. The lowest BCUT2D eigenvalue weighted by molar-refractivity contribution is -0.0117. The van der Waals surface area contributed by atoms with Gasteiger partial charge in [0.25, 0.3) is 0 Å². The smallest absolute Gasteiger partial charge is 0.137 e. The fourth-order valence-electron chi connectivity index (χ4n) is 4.55. The van der Waals surface area contributed by atoms with Crippen LogP contribution in [0.2, 0.25) is 5.02 Å². The molecule has 0 saturated carbocycles. The van der Waals surface area contributed by atoms with Crippen molar-refractivity contribution in [3.8, 4) is 11.3 Å². The molecule has 6 rings (SSSR count). The van der Waals surface area contributed by atoms with Gasteiger partial charge in [0, 0.05) is 48.5 Å². The highest BCUT2D eigenvalue weighted by molar-refractivity contribution is 6.30. The summed E-state index contributed by atoms with van der Waals surface area (Å²) in [5.41, 5.74) is 4.49. The number of benzene rings is 1. The van der Waals surface area contributed by atoms with Crippen molar-refractivity contribution < 1.29 is 0 Å². The summed E-state index contributed by atoms with van der Waals surface area (Å²) in [5, 5.41) is 0.760. The lowest BCUT2D eigenvalue weighted by Crippen LogP contribution is -2.60. The molecule has 2 aromatic heterocycles. The monoisotopic (exact) mass is 366 g/mol. The number of likely N-dealkylation sites (N-methyl/N-ethyl adjacent to an activating group) is 1. The van der Waals surface area contributed by atoms with E-state index < -0.39 is 0 Å². The molecular weight excluding hydrogens is 344 g/mol. The van der Waals surface area contributed by atoms with Crippen molar-refractivity contribution in [2.75, 3.05) is 20.1 Å². The standard InChI is InChI=1S/C21H23ClN4/c1-24-12-18-10-9-17(24)13-25(18)14-19-21(15-5-7-16(22)8-6-15)23-20-4-2-3-11-26(19)20/h2-8,11,17-18H,9-10,12-14H2,1H3. The lowest BCUT2D eigenvalue weighted by atomic mass is 9.91. The van der Waals surface area contributed by atoms with Gasteiger partial charge >= 0.3 is 0 Å². The van der Waals surface area contributed by atoms with Crippen LogP contribution in [0.15, 0.2) is 48.7 Å². The summed E-state index contributed by atoms with van der Waals surface area (Å²) < 4.78 is 2.25. The number of pyridine rings is 1. The summed E-state index contributed by atoms with van der Waals surface area (Å²) in [4.78, 5) is 10.1. The molecule has 134 valence electrons. The molecule has 3 aliphatic heterocycles. The van der Waals surface area contributed by atoms with Crippen LogP contribution in [0.1, 0.15) is 18.5 Å². The van der Waals surface area contributed by atoms with Gasteiger partial charge in [0.05, 0.1) is 11.4 Å². The topological polar surface area (TPSA) is 23.8 Å². The number of halogens is 1. The quantitative estimate of drug-likeness (QED) is 0.701. The highest BCUT2D eigenvalue weighted by Crippen LogP contribution is 2.32. The largest absolute Gasteiger partial charge is 0.302 e. The zero-order valence-corrected chi connectivity index (χ0v) is 15.7. The van der Waals surface area contributed by atoms with Crippen LogP contribution >= 0.6 is 11.6 Å². The van der Waals surface area contributed by atoms with E-state index in [0.29, 0.717) is 12.1 Å². The van der Waals surface area contributed by atoms with Crippen molar-refractivity contribution in [1.82, 2.24) is 19.2 Å². The number of hydrogen-bond donors (Lipinski definition) is 0. The zero-order chi connectivity index (χ0) is 17.7. The fraction of sp³-hybridized carbons (Fsp3) is 0.381. The number of imidazole rings is 1. The molecule has 3 saturated heterocycles. The van der Waals surface area contributed by atoms with E-state index >= 15 is 0 Å². The van der Waals surface area contributed by atoms with Gasteiger partial charge in [-0.2, -0.15) is 0 Å². The molecule has 3 aliphatic rings. The Morgan fingerprint density at radius 2 is 1.85 bits per heavy atom. The molecule has 2 bridgehead atoms. The first-order chi connectivity index (χ1) is 12.7. The molecule has 5 heterocycles. The minimum Gasteiger partial charge on any atom is -0.302 e. The van der Waals surface area contributed by atoms with Gasteiger partial charge in [-0.15, -0.1) is 0 Å². The Morgan fingerprint density at radius 1 is 1.04 bits per heavy atom. The second kappa shape index (κ2) is 6.38. The first kappa shape index (κ1) is 16.3. The summed E-state index contributed by atoms with van der Waals surface area (Å²) in [6.45, 7) is 3.27. The van der Waals surface area contributed by atoms with Crippen LogP contribution in [-0.2, 0) is 6.54 Å². The Balaban J connectivity index is 1.56. The van der Waals surface area contributed by atoms with Gasteiger partial charge in [0.2, 0.25) is 0 Å². The third-order valence-corrected chi connectivity index (χ3v) is 6.27. The zero-order valence-electron chi connectivity index (χ0n) is 15.0. The van der Waals surface area contributed by atoms with E-state index in [1.54, 1.807) is 0 Å². The van der Waals surface area contributed by atoms with E-state index in [9.17, 15) is 0 Å². The molecule has 3 fully saturated rings. The van der Waals surface area contributed by atoms with Gasteiger partial charge < -0.3 is 9.30 Å². The molecule has 0 amide bonds. The molecule has 3 aromatic rings. The highest BCUT2D eigenvalue weighted by Gasteiger charge is 2.37. The highest BCUT2D eigenvalue weighted by atomic mass is 35.5. The first-order valence-corrected chi connectivity index (χ1v) is 9.73. The van der Waals surface area contributed by atoms with Crippen LogP contribution in [0.5, 0.6) is 0 Å². The number of piperazine rings is 1. The number of fused-ring (bicyclic) bond motifs is 4. The minimum atomic E-state index is 0.650. The molecule has 1 aromatic carbocycles. The van der Waals surface area contributed by atoms with E-state index in [4.69, 9.17) is 16.6 Å². The fourth-order valence-corrected chi connectivity index (χ4v) is 4.68. The van der Waals surface area contributed by atoms with Gasteiger partial charge in [-0.25, -0.2) is 4.98 Å². The summed E-state index contributed by atoms with van der Waals surface area (Å²) in [6, 6.07) is 15.6. The first-order valence-electron chi connectivity index (χ1n) is 9.35. The van der Waals surface area contributed by atoms with Gasteiger partial charge in [-0.3, -0.25) is 4.90 Å². The molecule has 0 spiro atoms. The van der Waals surface area contributed by atoms with Crippen LogP contribution in [0.4, 0.5) is 0 Å². The average Bonchev–Trinajstić information content (AvgIpc) is 3.02. The van der Waals surface area contributed by atoms with Gasteiger partial charge in [0.15, 0.2) is 0 Å². The maximum Gasteiger partial charge on any atom is 0.137 e. The Hall–Kier alpha value is -1.88. The average molecular weight is 367 g/mol. The van der Waals surface area contributed by atoms with Crippen molar-refractivity contribution in [3.63, 3.8) is 0 Å². The SMILES string of the molecule is CN1CC2CCC1CN2Cc1c(-c2ccc(Cl)cc2)nc2ccccn12. The van der Waals surface area contributed by atoms with E-state index in [0.717, 1.165) is 35.0 Å². The summed E-state index contributed by atoms with van der Waals surface area (Å²) in [7, 11) is 2.27. The number of hydrogen-bond acceptors (Lipinski definition) is 3. The molecule has 2 atom stereocenters. The molecule has 4 nitrogen and oxygen atoms in total. The van der Waals surface area contributed by atoms with E-state index in [1.807, 2.05) is 12.1 Å². The van der Waals surface area contributed by atoms with Gasteiger partial charge in [-0.1, -0.05) is 29.8 Å². The van der Waals surface area contributed by atoms with Gasteiger partial charge in [-0.05, 0) is 44.2 Å². The van der Waals surface area contributed by atoms with Crippen LogP contribution < -0.4 is 0 Å². The normalized spacial score (nSPS) is 23.8. The maximum absolute atomic E-state index is 6.09. The Labute approximate surface area is 159 Å². The molecule has 26 heavy (non-hydrogen) atoms. The van der Waals surface area contributed by atoms with E-state index in [2.05, 4.69) is 57.8 Å². The van der Waals surface area contributed by atoms with Crippen LogP contribution in [0.3, 0.4) is 0 Å². The number of rotatable bonds is 3. The minimum absolute atomic E-state index is 0.650. The van der Waals surface area contributed by atoms with Crippen LogP contribution in [0.25, 0.3) is 16.9 Å². The molecule has 0 N–H and O–H groups in total. The Kier molecular flexibility index (Phi) is 4.00. The summed E-state index contributed by atoms with van der Waals surface area (Å²) in [6.07, 6.45) is 4.77. The van der Waals surface area contributed by atoms with Crippen LogP contribution in [0, 0.1) is 0 Å². The third-order valence-electron chi connectivity index (χ3n) is 6.02. The van der Waals surface area contributed by atoms with Crippen molar-refractivity contribution >= 4 is 17.2 Å². The van der Waals surface area contributed by atoms with Crippen LogP contribution in [-0.4, -0.2) is 51.4 Å². The van der Waals surface area contributed by atoms with E-state index in [1.165, 1.54) is 25.1 Å². The Bertz CT molecular complexity index is 933. The second-order valence-electron chi connectivity index (χ2n) is 7.60. The third kappa shape index (κ3) is 2.73. The molecule has 0 aliphatic carbocycles. The summed E-state index contributed by atoms with van der Waals surface area (Å²) >= 11 is 6.09. The lowest BCUT2D eigenvalue weighted by Gasteiger charge is -2.50. The summed E-state index contributed by atoms with van der Waals surface area (Å²) in [5.74, 6) is 0. The number of aromatic nitrogens is 2. The predicted octanol–water partition coefficient (Wildman–Crippen LogP) is 3.93. The molecule has 2 unspecified atom stereocenters. The number of nitrogens with zero attached hydrogens (tertiary/aromatic N) is 4. The molecular formula is C21H23ClN4.